The Balaban J connectivity index is 1.99. The van der Waals surface area contributed by atoms with Gasteiger partial charge in [0.2, 0.25) is 0 Å². The molecule has 0 radical (unpaired) electrons. The van der Waals surface area contributed by atoms with E-state index in [0.717, 1.165) is 18.7 Å². The second kappa shape index (κ2) is 9.32. The summed E-state index contributed by atoms with van der Waals surface area (Å²) in [6.45, 7) is 8.16. The van der Waals surface area contributed by atoms with Crippen molar-refractivity contribution in [3.05, 3.63) is 35.4 Å². The lowest BCUT2D eigenvalue weighted by Crippen LogP contribution is -2.33. The van der Waals surface area contributed by atoms with Crippen LogP contribution < -0.4 is 0 Å². The minimum Gasteiger partial charge on any atom is -0.396 e. The number of carbonyl (C=O) groups is 1. The molecular weight excluding hydrogens is 316 g/mol. The van der Waals surface area contributed by atoms with Gasteiger partial charge in [0.1, 0.15) is 0 Å². The van der Waals surface area contributed by atoms with Crippen LogP contribution in [0.2, 0.25) is 0 Å². The van der Waals surface area contributed by atoms with Crippen molar-refractivity contribution in [1.82, 2.24) is 9.80 Å². The summed E-state index contributed by atoms with van der Waals surface area (Å²) in [4.78, 5) is 16.9. The van der Waals surface area contributed by atoms with Crippen LogP contribution in [0.1, 0.15) is 35.7 Å². The van der Waals surface area contributed by atoms with Crippen LogP contribution in [0.4, 0.5) is 0 Å². The first-order chi connectivity index (χ1) is 12.0. The highest BCUT2D eigenvalue weighted by atomic mass is 16.5. The Kier molecular flexibility index (Phi) is 7.41. The molecule has 0 aromatic heterocycles. The summed E-state index contributed by atoms with van der Waals surface area (Å²) in [5.74, 6) is 0.965. The van der Waals surface area contributed by atoms with Crippen LogP contribution in [-0.2, 0) is 4.74 Å². The van der Waals surface area contributed by atoms with E-state index in [9.17, 15) is 9.90 Å². The van der Waals surface area contributed by atoms with Crippen molar-refractivity contribution in [2.24, 2.45) is 11.8 Å². The molecule has 1 fully saturated rings. The van der Waals surface area contributed by atoms with E-state index >= 15 is 0 Å². The second-order valence-electron chi connectivity index (χ2n) is 7.44. The Morgan fingerprint density at radius 3 is 2.48 bits per heavy atom. The summed E-state index contributed by atoms with van der Waals surface area (Å²) in [7, 11) is 3.76. The molecule has 25 heavy (non-hydrogen) atoms. The number of aliphatic hydroxyl groups is 1. The summed E-state index contributed by atoms with van der Waals surface area (Å²) in [6.07, 6.45) is 0. The molecule has 1 aliphatic heterocycles. The van der Waals surface area contributed by atoms with E-state index in [2.05, 4.69) is 25.8 Å². The van der Waals surface area contributed by atoms with Gasteiger partial charge in [-0.1, -0.05) is 26.0 Å². The number of methoxy groups -OCH3 is 1. The van der Waals surface area contributed by atoms with Crippen LogP contribution in [0.3, 0.4) is 0 Å². The first-order valence-corrected chi connectivity index (χ1v) is 9.13. The number of amides is 1. The van der Waals surface area contributed by atoms with Gasteiger partial charge >= 0.3 is 0 Å². The molecule has 1 saturated heterocycles. The molecular formula is C20H32N2O3. The van der Waals surface area contributed by atoms with Crippen LogP contribution >= 0.6 is 0 Å². The van der Waals surface area contributed by atoms with Crippen molar-refractivity contribution in [1.29, 1.82) is 0 Å². The van der Waals surface area contributed by atoms with Crippen LogP contribution in [0.25, 0.3) is 0 Å². The Labute approximate surface area is 151 Å². The topological polar surface area (TPSA) is 53.0 Å². The quantitative estimate of drug-likeness (QED) is 0.781. The predicted molar refractivity (Wildman–Crippen MR) is 99.9 cm³/mol. The van der Waals surface area contributed by atoms with E-state index in [1.807, 2.05) is 29.2 Å². The molecule has 1 heterocycles. The summed E-state index contributed by atoms with van der Waals surface area (Å²) < 4.78 is 5.12. The van der Waals surface area contributed by atoms with Gasteiger partial charge < -0.3 is 19.6 Å². The Hall–Kier alpha value is -1.43. The fourth-order valence-electron chi connectivity index (χ4n) is 3.45. The number of rotatable bonds is 8. The van der Waals surface area contributed by atoms with Crippen molar-refractivity contribution < 1.29 is 14.6 Å². The predicted octanol–water partition coefficient (Wildman–Crippen LogP) is 2.07. The van der Waals surface area contributed by atoms with Gasteiger partial charge in [0, 0.05) is 51.4 Å². The highest BCUT2D eigenvalue weighted by Gasteiger charge is 2.35. The maximum atomic E-state index is 12.8. The molecule has 0 saturated carbocycles. The van der Waals surface area contributed by atoms with E-state index in [0.29, 0.717) is 31.5 Å². The molecule has 1 N–H and O–H groups in total. The number of benzene rings is 1. The lowest BCUT2D eigenvalue weighted by atomic mass is 9.96. The number of hydrogen-bond donors (Lipinski definition) is 1. The van der Waals surface area contributed by atoms with Crippen LogP contribution in [0, 0.1) is 11.8 Å². The second-order valence-corrected chi connectivity index (χ2v) is 7.44. The van der Waals surface area contributed by atoms with Crippen molar-refractivity contribution in [3.63, 3.8) is 0 Å². The zero-order valence-corrected chi connectivity index (χ0v) is 15.9. The fraction of sp³-hybridized carbons (Fsp3) is 0.650. The number of likely N-dealkylation sites (N-methyl/N-ethyl adjacent to an activating group) is 1. The Morgan fingerprint density at radius 2 is 1.92 bits per heavy atom. The molecule has 0 unspecified atom stereocenters. The summed E-state index contributed by atoms with van der Waals surface area (Å²) in [6, 6.07) is 7.91. The van der Waals surface area contributed by atoms with Crippen LogP contribution in [0.15, 0.2) is 24.3 Å². The number of nitrogens with zero attached hydrogens (tertiary/aromatic N) is 2. The van der Waals surface area contributed by atoms with E-state index in [4.69, 9.17) is 4.74 Å². The molecule has 1 aromatic carbocycles. The summed E-state index contributed by atoms with van der Waals surface area (Å²) >= 11 is 0. The van der Waals surface area contributed by atoms with Gasteiger partial charge in [-0.2, -0.15) is 0 Å². The monoisotopic (exact) mass is 348 g/mol. The van der Waals surface area contributed by atoms with Crippen molar-refractivity contribution in [2.45, 2.75) is 19.8 Å². The molecule has 140 valence electrons. The maximum absolute atomic E-state index is 12.8. The largest absolute Gasteiger partial charge is 0.396 e. The first kappa shape index (κ1) is 19.9. The Morgan fingerprint density at radius 1 is 1.28 bits per heavy atom. The summed E-state index contributed by atoms with van der Waals surface area (Å²) in [5, 5.41) is 9.71. The zero-order valence-electron chi connectivity index (χ0n) is 15.9. The SMILES string of the molecule is COCCN(C)C[C@@H]1CN(C(=O)c2ccc(C(C)C)cc2)C[C@@H]1CO. The average molecular weight is 348 g/mol. The molecule has 0 aliphatic carbocycles. The van der Waals surface area contributed by atoms with Gasteiger partial charge in [-0.05, 0) is 36.6 Å². The molecule has 2 atom stereocenters. The third-order valence-electron chi connectivity index (χ3n) is 5.15. The third kappa shape index (κ3) is 5.27. The minimum absolute atomic E-state index is 0.0656. The molecule has 5 nitrogen and oxygen atoms in total. The maximum Gasteiger partial charge on any atom is 0.253 e. The molecule has 1 amide bonds. The van der Waals surface area contributed by atoms with E-state index in [1.54, 1.807) is 7.11 Å². The number of carbonyl (C=O) groups excluding carboxylic acids is 1. The van der Waals surface area contributed by atoms with Gasteiger partial charge in [0.05, 0.1) is 6.61 Å². The number of ether oxygens (including phenoxy) is 1. The molecule has 1 aliphatic rings. The molecule has 5 heteroatoms. The van der Waals surface area contributed by atoms with Gasteiger partial charge in [-0.3, -0.25) is 4.79 Å². The lowest BCUT2D eigenvalue weighted by Gasteiger charge is -2.23. The number of likely N-dealkylation sites (tertiary alicyclic amines) is 1. The van der Waals surface area contributed by atoms with Crippen molar-refractivity contribution in [2.75, 3.05) is 53.6 Å². The fourth-order valence-corrected chi connectivity index (χ4v) is 3.45. The normalized spacial score (nSPS) is 20.7. The lowest BCUT2D eigenvalue weighted by molar-refractivity contribution is 0.0778. The smallest absolute Gasteiger partial charge is 0.253 e. The third-order valence-corrected chi connectivity index (χ3v) is 5.15. The van der Waals surface area contributed by atoms with E-state index in [1.165, 1.54) is 5.56 Å². The summed E-state index contributed by atoms with van der Waals surface area (Å²) in [5.41, 5.74) is 1.97. The molecule has 2 rings (SSSR count). The van der Waals surface area contributed by atoms with Crippen molar-refractivity contribution in [3.8, 4) is 0 Å². The van der Waals surface area contributed by atoms with Crippen LogP contribution in [0.5, 0.6) is 0 Å². The standard InChI is InChI=1S/C20H32N2O3/c1-15(2)16-5-7-17(8-6-16)20(24)22-12-18(19(13-22)14-23)11-21(3)9-10-25-4/h5-8,15,18-19,23H,9-14H2,1-4H3/t18-,19-/m1/s1. The average Bonchev–Trinajstić information content (AvgIpc) is 3.02. The number of aliphatic hydroxyl groups excluding tert-OH is 1. The highest BCUT2D eigenvalue weighted by molar-refractivity contribution is 5.94. The minimum atomic E-state index is 0.0656. The van der Waals surface area contributed by atoms with Gasteiger partial charge in [-0.15, -0.1) is 0 Å². The van der Waals surface area contributed by atoms with E-state index in [-0.39, 0.29) is 18.4 Å². The van der Waals surface area contributed by atoms with Crippen molar-refractivity contribution >= 4 is 5.91 Å². The first-order valence-electron chi connectivity index (χ1n) is 9.13. The Bertz CT molecular complexity index is 544. The highest BCUT2D eigenvalue weighted by Crippen LogP contribution is 2.26. The zero-order chi connectivity index (χ0) is 18.4. The molecule has 0 bridgehead atoms. The van der Waals surface area contributed by atoms with Gasteiger partial charge in [0.15, 0.2) is 0 Å². The molecule has 1 aromatic rings. The number of hydrogen-bond acceptors (Lipinski definition) is 4. The van der Waals surface area contributed by atoms with E-state index < -0.39 is 0 Å². The van der Waals surface area contributed by atoms with Gasteiger partial charge in [0.25, 0.3) is 5.91 Å². The van der Waals surface area contributed by atoms with Crippen LogP contribution in [-0.4, -0.2) is 74.4 Å². The molecule has 0 spiro atoms. The van der Waals surface area contributed by atoms with Gasteiger partial charge in [-0.25, -0.2) is 0 Å².